The zero-order valence-corrected chi connectivity index (χ0v) is 16.9. The maximum absolute atomic E-state index is 13.1. The second-order valence-corrected chi connectivity index (χ2v) is 8.41. The minimum absolute atomic E-state index is 0.122. The van der Waals surface area contributed by atoms with Gasteiger partial charge in [0.15, 0.2) is 0 Å². The van der Waals surface area contributed by atoms with E-state index in [9.17, 15) is 18.8 Å². The smallest absolute Gasteiger partial charge is 0.266 e. The van der Waals surface area contributed by atoms with Crippen molar-refractivity contribution in [3.63, 3.8) is 0 Å². The van der Waals surface area contributed by atoms with Gasteiger partial charge in [-0.1, -0.05) is 48.2 Å². The molecule has 0 radical (unpaired) electrons. The quantitative estimate of drug-likeness (QED) is 0.426. The van der Waals surface area contributed by atoms with Crippen LogP contribution in [0.2, 0.25) is 0 Å². The van der Waals surface area contributed by atoms with Crippen LogP contribution < -0.4 is 4.90 Å². The second-order valence-electron chi connectivity index (χ2n) is 6.73. The van der Waals surface area contributed by atoms with Gasteiger partial charge < -0.3 is 0 Å². The van der Waals surface area contributed by atoms with E-state index >= 15 is 0 Å². The number of thiocarbonyl (C=S) groups is 1. The number of imide groups is 1. The molecule has 146 valence electrons. The van der Waals surface area contributed by atoms with Crippen LogP contribution in [0.4, 0.5) is 10.1 Å². The van der Waals surface area contributed by atoms with Crippen LogP contribution in [0, 0.1) is 12.7 Å². The Bertz CT molecular complexity index is 1080. The average Bonchev–Trinajstić information content (AvgIpc) is 3.11. The van der Waals surface area contributed by atoms with Gasteiger partial charge in [-0.2, -0.15) is 0 Å². The number of amides is 3. The third kappa shape index (κ3) is 3.61. The number of anilines is 1. The fraction of sp³-hybridized carbons (Fsp3) is 0.143. The van der Waals surface area contributed by atoms with Crippen LogP contribution in [0.3, 0.4) is 0 Å². The lowest BCUT2D eigenvalue weighted by atomic mass is 10.2. The topological polar surface area (TPSA) is 57.7 Å². The average molecular weight is 426 g/mol. The zero-order chi connectivity index (χ0) is 20.7. The Morgan fingerprint density at radius 1 is 1.14 bits per heavy atom. The number of benzene rings is 2. The highest BCUT2D eigenvalue weighted by Crippen LogP contribution is 2.37. The Morgan fingerprint density at radius 3 is 2.55 bits per heavy atom. The molecule has 8 heteroatoms. The number of carbonyl (C=O) groups excluding carboxylic acids is 3. The standard InChI is InChI=1S/C21H15FN2O3S2/c1-12-3-2-4-15(9-12)23-18(25)11-16(19(23)26)24-20(27)17(29-21(24)28)10-13-5-7-14(22)8-6-13/h2-10,16H,11H2,1H3/b17-10-. The molecule has 0 saturated carbocycles. The second kappa shape index (κ2) is 7.53. The van der Waals surface area contributed by atoms with Crippen molar-refractivity contribution < 1.29 is 18.8 Å². The molecule has 2 aromatic rings. The van der Waals surface area contributed by atoms with Gasteiger partial charge in [-0.3, -0.25) is 19.3 Å². The maximum atomic E-state index is 13.1. The summed E-state index contributed by atoms with van der Waals surface area (Å²) in [4.78, 5) is 41.1. The third-order valence-electron chi connectivity index (χ3n) is 4.69. The molecule has 1 unspecified atom stereocenters. The Balaban J connectivity index is 1.61. The Kier molecular flexibility index (Phi) is 5.06. The number of halogens is 1. The van der Waals surface area contributed by atoms with Gasteiger partial charge in [0.25, 0.3) is 11.8 Å². The molecule has 2 aliphatic rings. The van der Waals surface area contributed by atoms with Crippen molar-refractivity contribution >= 4 is 57.8 Å². The molecule has 0 aliphatic carbocycles. The lowest BCUT2D eigenvalue weighted by Crippen LogP contribution is -2.44. The van der Waals surface area contributed by atoms with Crippen molar-refractivity contribution in [2.75, 3.05) is 4.90 Å². The molecule has 4 rings (SSSR count). The van der Waals surface area contributed by atoms with Gasteiger partial charge in [0.1, 0.15) is 16.2 Å². The van der Waals surface area contributed by atoms with Gasteiger partial charge >= 0.3 is 0 Å². The number of nitrogens with zero attached hydrogens (tertiary/aromatic N) is 2. The first-order valence-electron chi connectivity index (χ1n) is 8.81. The summed E-state index contributed by atoms with van der Waals surface area (Å²) in [5.74, 6) is -1.65. The number of thioether (sulfide) groups is 1. The van der Waals surface area contributed by atoms with E-state index < -0.39 is 17.9 Å². The van der Waals surface area contributed by atoms with Crippen LogP contribution in [-0.2, 0) is 14.4 Å². The van der Waals surface area contributed by atoms with Crippen LogP contribution in [0.15, 0.2) is 53.4 Å². The van der Waals surface area contributed by atoms with Gasteiger partial charge in [0.2, 0.25) is 5.91 Å². The normalized spacial score (nSPS) is 21.0. The summed E-state index contributed by atoms with van der Waals surface area (Å²) < 4.78 is 13.3. The SMILES string of the molecule is Cc1cccc(N2C(=O)CC(N3C(=O)/C(=C/c4ccc(F)cc4)SC3=S)C2=O)c1. The number of rotatable bonds is 3. The molecule has 2 saturated heterocycles. The van der Waals surface area contributed by atoms with E-state index in [4.69, 9.17) is 12.2 Å². The van der Waals surface area contributed by atoms with E-state index in [-0.39, 0.29) is 22.5 Å². The predicted molar refractivity (Wildman–Crippen MR) is 113 cm³/mol. The zero-order valence-electron chi connectivity index (χ0n) is 15.3. The minimum Gasteiger partial charge on any atom is -0.280 e. The molecule has 0 N–H and O–H groups in total. The van der Waals surface area contributed by atoms with Crippen molar-refractivity contribution in [2.45, 2.75) is 19.4 Å². The fourth-order valence-corrected chi connectivity index (χ4v) is 4.67. The van der Waals surface area contributed by atoms with Gasteiger partial charge in [0, 0.05) is 0 Å². The van der Waals surface area contributed by atoms with E-state index in [0.717, 1.165) is 22.2 Å². The van der Waals surface area contributed by atoms with Crippen molar-refractivity contribution in [1.82, 2.24) is 4.90 Å². The van der Waals surface area contributed by atoms with E-state index in [1.165, 1.54) is 17.0 Å². The molecule has 0 spiro atoms. The molecule has 29 heavy (non-hydrogen) atoms. The highest BCUT2D eigenvalue weighted by Gasteiger charge is 2.48. The first-order valence-corrected chi connectivity index (χ1v) is 10.0. The van der Waals surface area contributed by atoms with Crippen LogP contribution in [0.1, 0.15) is 17.5 Å². The first kappa shape index (κ1) is 19.5. The Labute approximate surface area is 176 Å². The molecule has 0 bridgehead atoms. The van der Waals surface area contributed by atoms with Gasteiger partial charge in [0.05, 0.1) is 17.0 Å². The Hall–Kier alpha value is -2.84. The molecule has 1 atom stereocenters. The molecule has 5 nitrogen and oxygen atoms in total. The summed E-state index contributed by atoms with van der Waals surface area (Å²) in [5.41, 5.74) is 2.04. The minimum atomic E-state index is -0.963. The Morgan fingerprint density at radius 2 is 1.86 bits per heavy atom. The number of carbonyl (C=O) groups is 3. The van der Waals surface area contributed by atoms with Crippen molar-refractivity contribution in [2.24, 2.45) is 0 Å². The molecular formula is C21H15FN2O3S2. The van der Waals surface area contributed by atoms with Crippen LogP contribution in [0.5, 0.6) is 0 Å². The highest BCUT2D eigenvalue weighted by atomic mass is 32.2. The van der Waals surface area contributed by atoms with Crippen LogP contribution in [-0.4, -0.2) is 33.0 Å². The van der Waals surface area contributed by atoms with Crippen molar-refractivity contribution in [1.29, 1.82) is 0 Å². The number of hydrogen-bond donors (Lipinski definition) is 0. The molecular weight excluding hydrogens is 411 g/mol. The molecule has 3 amide bonds. The highest BCUT2D eigenvalue weighted by molar-refractivity contribution is 8.26. The first-order chi connectivity index (χ1) is 13.8. The summed E-state index contributed by atoms with van der Waals surface area (Å²) >= 11 is 6.38. The summed E-state index contributed by atoms with van der Waals surface area (Å²) in [6.45, 7) is 1.87. The summed E-state index contributed by atoms with van der Waals surface area (Å²) in [7, 11) is 0. The molecule has 2 aromatic carbocycles. The summed E-state index contributed by atoms with van der Waals surface area (Å²) in [5, 5.41) is 0. The van der Waals surface area contributed by atoms with Gasteiger partial charge in [-0.05, 0) is 48.4 Å². The maximum Gasteiger partial charge on any atom is 0.266 e. The van der Waals surface area contributed by atoms with E-state index in [2.05, 4.69) is 0 Å². The van der Waals surface area contributed by atoms with E-state index in [1.54, 1.807) is 36.4 Å². The summed E-state index contributed by atoms with van der Waals surface area (Å²) in [6, 6.07) is 11.8. The predicted octanol–water partition coefficient (Wildman–Crippen LogP) is 3.67. The monoisotopic (exact) mass is 426 g/mol. The van der Waals surface area contributed by atoms with E-state index in [1.807, 2.05) is 13.0 Å². The number of aryl methyl sites for hydroxylation is 1. The molecule has 0 aromatic heterocycles. The van der Waals surface area contributed by atoms with Gasteiger partial charge in [-0.15, -0.1) is 0 Å². The fourth-order valence-electron chi connectivity index (χ4n) is 3.31. The summed E-state index contributed by atoms with van der Waals surface area (Å²) in [6.07, 6.45) is 1.47. The third-order valence-corrected chi connectivity index (χ3v) is 6.02. The van der Waals surface area contributed by atoms with E-state index in [0.29, 0.717) is 16.2 Å². The largest absolute Gasteiger partial charge is 0.280 e. The molecule has 2 aliphatic heterocycles. The van der Waals surface area contributed by atoms with Crippen molar-refractivity contribution in [3.05, 3.63) is 70.4 Å². The molecule has 2 heterocycles. The lowest BCUT2D eigenvalue weighted by Gasteiger charge is -2.21. The lowest BCUT2D eigenvalue weighted by molar-refractivity contribution is -0.129. The van der Waals surface area contributed by atoms with Gasteiger partial charge in [-0.25, -0.2) is 9.29 Å². The number of hydrogen-bond acceptors (Lipinski definition) is 5. The van der Waals surface area contributed by atoms with Crippen LogP contribution in [0.25, 0.3) is 6.08 Å². The molecule has 2 fully saturated rings. The van der Waals surface area contributed by atoms with Crippen molar-refractivity contribution in [3.8, 4) is 0 Å². The van der Waals surface area contributed by atoms with Crippen LogP contribution >= 0.6 is 24.0 Å².